The standard InChI is InChI=1S/C17H32N6S.HI/c1-5-15-13-20-16(24-15)6-7-19-17(18-3)21-12-14(2)23-10-8-22(4)9-11-23;/h13-14H,5-12H2,1-4H3,(H2,18,19,21);1H. The number of thiazole rings is 1. The number of nitrogens with zero attached hydrogens (tertiary/aromatic N) is 4. The van der Waals surface area contributed by atoms with E-state index in [-0.39, 0.29) is 24.0 Å². The van der Waals surface area contributed by atoms with Crippen LogP contribution in [0.2, 0.25) is 0 Å². The van der Waals surface area contributed by atoms with E-state index < -0.39 is 0 Å². The number of aryl methyl sites for hydroxylation is 1. The number of aromatic nitrogens is 1. The molecule has 1 aromatic heterocycles. The van der Waals surface area contributed by atoms with Gasteiger partial charge in [-0.15, -0.1) is 35.3 Å². The topological polar surface area (TPSA) is 55.8 Å². The molecule has 2 rings (SSSR count). The van der Waals surface area contributed by atoms with Crippen molar-refractivity contribution in [2.45, 2.75) is 32.7 Å². The largest absolute Gasteiger partial charge is 0.356 e. The molecule has 2 heterocycles. The summed E-state index contributed by atoms with van der Waals surface area (Å²) in [5, 5.41) is 8.03. The Labute approximate surface area is 173 Å². The molecule has 144 valence electrons. The van der Waals surface area contributed by atoms with Gasteiger partial charge in [-0.3, -0.25) is 9.89 Å². The molecule has 1 fully saturated rings. The molecule has 1 saturated heterocycles. The lowest BCUT2D eigenvalue weighted by atomic mass is 10.2. The van der Waals surface area contributed by atoms with Gasteiger partial charge in [0, 0.05) is 69.9 Å². The second-order valence-electron chi connectivity index (χ2n) is 6.39. The Morgan fingerprint density at radius 3 is 2.64 bits per heavy atom. The second-order valence-corrected chi connectivity index (χ2v) is 7.59. The minimum Gasteiger partial charge on any atom is -0.356 e. The van der Waals surface area contributed by atoms with Crippen molar-refractivity contribution >= 4 is 41.3 Å². The molecule has 0 aromatic carbocycles. The van der Waals surface area contributed by atoms with E-state index in [0.29, 0.717) is 6.04 Å². The normalized spacial score (nSPS) is 17.8. The Bertz CT molecular complexity index is 513. The van der Waals surface area contributed by atoms with Gasteiger partial charge in [0.1, 0.15) is 0 Å². The van der Waals surface area contributed by atoms with Crippen LogP contribution in [0, 0.1) is 0 Å². The van der Waals surface area contributed by atoms with Crippen LogP contribution in [-0.2, 0) is 12.8 Å². The monoisotopic (exact) mass is 480 g/mol. The zero-order valence-corrected chi connectivity index (χ0v) is 19.1. The first-order valence-electron chi connectivity index (χ1n) is 8.93. The summed E-state index contributed by atoms with van der Waals surface area (Å²) in [4.78, 5) is 15.1. The molecule has 8 heteroatoms. The third kappa shape index (κ3) is 7.76. The van der Waals surface area contributed by atoms with Crippen LogP contribution in [0.5, 0.6) is 0 Å². The molecule has 25 heavy (non-hydrogen) atoms. The number of hydrogen-bond donors (Lipinski definition) is 2. The van der Waals surface area contributed by atoms with Gasteiger partial charge < -0.3 is 15.5 Å². The summed E-state index contributed by atoms with van der Waals surface area (Å²) in [5.74, 6) is 0.878. The lowest BCUT2D eigenvalue weighted by molar-refractivity contribution is 0.120. The van der Waals surface area contributed by atoms with Gasteiger partial charge in [0.2, 0.25) is 0 Å². The van der Waals surface area contributed by atoms with Crippen molar-refractivity contribution in [1.29, 1.82) is 0 Å². The number of aliphatic imine (C=N–C) groups is 1. The van der Waals surface area contributed by atoms with E-state index in [2.05, 4.69) is 51.3 Å². The zero-order chi connectivity index (χ0) is 17.4. The van der Waals surface area contributed by atoms with Crippen LogP contribution in [0.15, 0.2) is 11.2 Å². The maximum atomic E-state index is 4.46. The Balaban J connectivity index is 0.00000312. The number of hydrogen-bond acceptors (Lipinski definition) is 5. The maximum Gasteiger partial charge on any atom is 0.191 e. The molecule has 1 unspecified atom stereocenters. The lowest BCUT2D eigenvalue weighted by Gasteiger charge is -2.36. The Kier molecular flexibility index (Phi) is 10.9. The van der Waals surface area contributed by atoms with Crippen molar-refractivity contribution in [3.63, 3.8) is 0 Å². The average molecular weight is 480 g/mol. The molecular formula is C17H33IN6S. The van der Waals surface area contributed by atoms with Crippen molar-refractivity contribution in [1.82, 2.24) is 25.4 Å². The van der Waals surface area contributed by atoms with Crippen molar-refractivity contribution in [3.05, 3.63) is 16.1 Å². The molecule has 0 radical (unpaired) electrons. The van der Waals surface area contributed by atoms with E-state index in [1.807, 2.05) is 24.6 Å². The fraction of sp³-hybridized carbons (Fsp3) is 0.765. The maximum absolute atomic E-state index is 4.46. The van der Waals surface area contributed by atoms with Gasteiger partial charge in [0.05, 0.1) is 5.01 Å². The van der Waals surface area contributed by atoms with E-state index in [0.717, 1.165) is 58.1 Å². The minimum atomic E-state index is 0. The first-order valence-corrected chi connectivity index (χ1v) is 9.74. The third-order valence-electron chi connectivity index (χ3n) is 4.53. The van der Waals surface area contributed by atoms with E-state index in [4.69, 9.17) is 0 Å². The van der Waals surface area contributed by atoms with Crippen molar-refractivity contribution in [2.75, 3.05) is 53.4 Å². The lowest BCUT2D eigenvalue weighted by Crippen LogP contribution is -2.52. The fourth-order valence-corrected chi connectivity index (χ4v) is 3.63. The van der Waals surface area contributed by atoms with Gasteiger partial charge in [0.15, 0.2) is 5.96 Å². The first-order chi connectivity index (χ1) is 11.6. The predicted octanol–water partition coefficient (Wildman–Crippen LogP) is 1.67. The summed E-state index contributed by atoms with van der Waals surface area (Å²) in [6, 6.07) is 0.517. The summed E-state index contributed by atoms with van der Waals surface area (Å²) in [6.07, 6.45) is 4.00. The molecule has 1 aliphatic heterocycles. The SMILES string of the molecule is CCc1cnc(CCNC(=NC)NCC(C)N2CCN(C)CC2)s1.I. The number of halogens is 1. The first kappa shape index (κ1) is 22.6. The smallest absolute Gasteiger partial charge is 0.191 e. The Morgan fingerprint density at radius 1 is 1.32 bits per heavy atom. The molecule has 1 aromatic rings. The fourth-order valence-electron chi connectivity index (χ4n) is 2.77. The van der Waals surface area contributed by atoms with Crippen LogP contribution < -0.4 is 10.6 Å². The summed E-state index contributed by atoms with van der Waals surface area (Å²) >= 11 is 1.81. The molecule has 0 saturated carbocycles. The van der Waals surface area contributed by atoms with E-state index in [1.165, 1.54) is 9.88 Å². The van der Waals surface area contributed by atoms with Crippen molar-refractivity contribution < 1.29 is 0 Å². The molecule has 1 atom stereocenters. The number of nitrogens with one attached hydrogen (secondary N) is 2. The van der Waals surface area contributed by atoms with Crippen LogP contribution in [0.3, 0.4) is 0 Å². The highest BCUT2D eigenvalue weighted by atomic mass is 127. The molecule has 6 nitrogen and oxygen atoms in total. The van der Waals surface area contributed by atoms with Gasteiger partial charge in [-0.1, -0.05) is 6.92 Å². The second kappa shape index (κ2) is 12.0. The van der Waals surface area contributed by atoms with Crippen LogP contribution >= 0.6 is 35.3 Å². The molecule has 0 amide bonds. The van der Waals surface area contributed by atoms with Crippen LogP contribution in [-0.4, -0.2) is 80.1 Å². The summed E-state index contributed by atoms with van der Waals surface area (Å²) in [6.45, 7) is 10.8. The van der Waals surface area contributed by atoms with E-state index in [1.54, 1.807) is 0 Å². The van der Waals surface area contributed by atoms with Gasteiger partial charge in [-0.05, 0) is 20.4 Å². The zero-order valence-electron chi connectivity index (χ0n) is 15.9. The summed E-state index contributed by atoms with van der Waals surface area (Å²) in [5.41, 5.74) is 0. The van der Waals surface area contributed by atoms with Gasteiger partial charge in [-0.25, -0.2) is 4.98 Å². The molecule has 2 N–H and O–H groups in total. The van der Waals surface area contributed by atoms with Crippen LogP contribution in [0.25, 0.3) is 0 Å². The van der Waals surface area contributed by atoms with Crippen molar-refractivity contribution in [3.8, 4) is 0 Å². The van der Waals surface area contributed by atoms with Gasteiger partial charge in [-0.2, -0.15) is 0 Å². The highest BCUT2D eigenvalue weighted by molar-refractivity contribution is 14.0. The number of piperazine rings is 1. The molecule has 1 aliphatic rings. The minimum absolute atomic E-state index is 0. The van der Waals surface area contributed by atoms with Crippen LogP contribution in [0.4, 0.5) is 0 Å². The van der Waals surface area contributed by atoms with Crippen molar-refractivity contribution in [2.24, 2.45) is 4.99 Å². The van der Waals surface area contributed by atoms with Crippen LogP contribution in [0.1, 0.15) is 23.7 Å². The average Bonchev–Trinajstić information content (AvgIpc) is 3.06. The summed E-state index contributed by atoms with van der Waals surface area (Å²) in [7, 11) is 4.02. The quantitative estimate of drug-likeness (QED) is 0.353. The molecule has 0 aliphatic carbocycles. The van der Waals surface area contributed by atoms with Gasteiger partial charge >= 0.3 is 0 Å². The molecule has 0 bridgehead atoms. The highest BCUT2D eigenvalue weighted by Crippen LogP contribution is 2.13. The molecule has 0 spiro atoms. The third-order valence-corrected chi connectivity index (χ3v) is 5.73. The number of likely N-dealkylation sites (N-methyl/N-ethyl adjacent to an activating group) is 1. The summed E-state index contributed by atoms with van der Waals surface area (Å²) < 4.78 is 0. The highest BCUT2D eigenvalue weighted by Gasteiger charge is 2.18. The predicted molar refractivity (Wildman–Crippen MR) is 119 cm³/mol. The number of guanidine groups is 1. The Morgan fingerprint density at radius 2 is 2.04 bits per heavy atom. The van der Waals surface area contributed by atoms with Gasteiger partial charge in [0.25, 0.3) is 0 Å². The van der Waals surface area contributed by atoms with E-state index >= 15 is 0 Å². The molecular weight excluding hydrogens is 447 g/mol. The van der Waals surface area contributed by atoms with E-state index in [9.17, 15) is 0 Å². The number of rotatable bonds is 7. The Hall–Kier alpha value is -0.450.